The van der Waals surface area contributed by atoms with Gasteiger partial charge in [-0.3, -0.25) is 9.48 Å². The van der Waals surface area contributed by atoms with Crippen LogP contribution in [0.3, 0.4) is 0 Å². The predicted molar refractivity (Wildman–Crippen MR) is 76.0 cm³/mol. The van der Waals surface area contributed by atoms with E-state index in [1.165, 1.54) is 10.9 Å². The largest absolute Gasteiger partial charge is 0.476 e. The van der Waals surface area contributed by atoms with Crippen LogP contribution < -0.4 is 5.32 Å². The minimum Gasteiger partial charge on any atom is -0.476 e. The molecule has 0 aliphatic carbocycles. The summed E-state index contributed by atoms with van der Waals surface area (Å²) < 4.78 is 1.42. The number of carbonyl (C=O) groups excluding carboxylic acids is 1. The van der Waals surface area contributed by atoms with Gasteiger partial charge in [0.15, 0.2) is 5.69 Å². The quantitative estimate of drug-likeness (QED) is 0.843. The van der Waals surface area contributed by atoms with E-state index in [1.807, 2.05) is 31.2 Å². The van der Waals surface area contributed by atoms with Gasteiger partial charge in [-0.15, -0.1) is 5.10 Å². The van der Waals surface area contributed by atoms with Crippen LogP contribution in [0.4, 0.5) is 5.69 Å². The molecule has 1 aromatic heterocycles. The maximum absolute atomic E-state index is 11.8. The second-order valence-corrected chi connectivity index (χ2v) is 4.69. The molecule has 1 amide bonds. The first-order valence-corrected chi connectivity index (χ1v) is 6.54. The van der Waals surface area contributed by atoms with Crippen molar-refractivity contribution in [1.29, 1.82) is 0 Å². The molecule has 2 N–H and O–H groups in total. The van der Waals surface area contributed by atoms with Crippen molar-refractivity contribution in [2.75, 3.05) is 5.32 Å². The lowest BCUT2D eigenvalue weighted by molar-refractivity contribution is -0.116. The number of amides is 1. The van der Waals surface area contributed by atoms with Crippen molar-refractivity contribution in [2.45, 2.75) is 26.3 Å². The summed E-state index contributed by atoms with van der Waals surface area (Å²) in [4.78, 5) is 22.4. The Morgan fingerprint density at radius 3 is 2.86 bits per heavy atom. The smallest absolute Gasteiger partial charge is 0.358 e. The summed E-state index contributed by atoms with van der Waals surface area (Å²) in [6.07, 6.45) is 2.23. The molecule has 2 rings (SSSR count). The minimum absolute atomic E-state index is 0.0841. The zero-order chi connectivity index (χ0) is 15.2. The van der Waals surface area contributed by atoms with Crippen molar-refractivity contribution < 1.29 is 14.7 Å². The first-order valence-electron chi connectivity index (χ1n) is 6.54. The van der Waals surface area contributed by atoms with Gasteiger partial charge in [-0.05, 0) is 31.0 Å². The Kier molecular flexibility index (Phi) is 4.65. The molecule has 0 fully saturated rings. The third-order valence-corrected chi connectivity index (χ3v) is 2.85. The Bertz CT molecular complexity index is 651. The number of carboxylic acid groups (broad SMARTS) is 1. The van der Waals surface area contributed by atoms with Gasteiger partial charge >= 0.3 is 5.97 Å². The second kappa shape index (κ2) is 6.65. The van der Waals surface area contributed by atoms with Crippen LogP contribution in [0.15, 0.2) is 30.5 Å². The van der Waals surface area contributed by atoms with Crippen molar-refractivity contribution in [1.82, 2.24) is 15.0 Å². The zero-order valence-corrected chi connectivity index (χ0v) is 11.6. The summed E-state index contributed by atoms with van der Waals surface area (Å²) >= 11 is 0. The Morgan fingerprint density at radius 1 is 1.38 bits per heavy atom. The van der Waals surface area contributed by atoms with E-state index in [0.29, 0.717) is 19.4 Å². The van der Waals surface area contributed by atoms with Crippen LogP contribution in [0.25, 0.3) is 0 Å². The van der Waals surface area contributed by atoms with E-state index in [1.54, 1.807) is 0 Å². The Labute approximate surface area is 121 Å². The highest BCUT2D eigenvalue weighted by molar-refractivity contribution is 5.90. The van der Waals surface area contributed by atoms with Crippen LogP contribution in [0.1, 0.15) is 28.9 Å². The normalized spacial score (nSPS) is 10.3. The molecule has 0 spiro atoms. The van der Waals surface area contributed by atoms with Gasteiger partial charge in [0, 0.05) is 18.7 Å². The number of nitrogens with zero attached hydrogens (tertiary/aromatic N) is 3. The number of aromatic carboxylic acids is 1. The Morgan fingerprint density at radius 2 is 2.19 bits per heavy atom. The maximum atomic E-state index is 11.8. The number of aryl methyl sites for hydroxylation is 2. The van der Waals surface area contributed by atoms with Crippen LogP contribution in [-0.4, -0.2) is 32.0 Å². The van der Waals surface area contributed by atoms with Gasteiger partial charge in [-0.2, -0.15) is 0 Å². The lowest BCUT2D eigenvalue weighted by Crippen LogP contribution is -2.12. The van der Waals surface area contributed by atoms with Crippen LogP contribution in [-0.2, 0) is 11.3 Å². The van der Waals surface area contributed by atoms with Crippen LogP contribution in [0.2, 0.25) is 0 Å². The number of benzene rings is 1. The lowest BCUT2D eigenvalue weighted by atomic mass is 10.2. The Hall–Kier alpha value is -2.70. The molecule has 0 saturated heterocycles. The van der Waals surface area contributed by atoms with Gasteiger partial charge < -0.3 is 10.4 Å². The second-order valence-electron chi connectivity index (χ2n) is 4.69. The summed E-state index contributed by atoms with van der Waals surface area (Å²) in [6, 6.07) is 7.57. The molecular weight excluding hydrogens is 272 g/mol. The highest BCUT2D eigenvalue weighted by atomic mass is 16.4. The first-order chi connectivity index (χ1) is 10.0. The monoisotopic (exact) mass is 288 g/mol. The van der Waals surface area contributed by atoms with E-state index in [9.17, 15) is 9.59 Å². The van der Waals surface area contributed by atoms with Crippen molar-refractivity contribution in [3.63, 3.8) is 0 Å². The molecule has 0 bridgehead atoms. The van der Waals surface area contributed by atoms with Gasteiger partial charge in [-0.1, -0.05) is 17.3 Å². The lowest BCUT2D eigenvalue weighted by Gasteiger charge is -2.05. The first kappa shape index (κ1) is 14.7. The summed E-state index contributed by atoms with van der Waals surface area (Å²) in [6.45, 7) is 2.40. The molecule has 0 saturated carbocycles. The summed E-state index contributed by atoms with van der Waals surface area (Å²) in [7, 11) is 0. The third kappa shape index (κ3) is 4.41. The molecule has 110 valence electrons. The number of aromatic nitrogens is 3. The van der Waals surface area contributed by atoms with Crippen molar-refractivity contribution >= 4 is 17.6 Å². The summed E-state index contributed by atoms with van der Waals surface area (Å²) in [5, 5.41) is 18.7. The minimum atomic E-state index is -1.11. The average molecular weight is 288 g/mol. The van der Waals surface area contributed by atoms with E-state index in [0.717, 1.165) is 11.3 Å². The number of hydrogen-bond acceptors (Lipinski definition) is 4. The molecule has 2 aromatic rings. The molecule has 1 aromatic carbocycles. The average Bonchev–Trinajstić information content (AvgIpc) is 2.87. The number of carboxylic acids is 1. The predicted octanol–water partition coefficient (Wildman–Crippen LogP) is 1.70. The van der Waals surface area contributed by atoms with Crippen molar-refractivity contribution in [3.8, 4) is 0 Å². The van der Waals surface area contributed by atoms with E-state index in [4.69, 9.17) is 5.11 Å². The number of nitrogens with one attached hydrogen (secondary N) is 1. The van der Waals surface area contributed by atoms with Crippen LogP contribution >= 0.6 is 0 Å². The standard InChI is InChI=1S/C14H16N4O3/c1-10-4-2-5-11(8-10)15-13(19)6-3-7-18-9-12(14(20)21)16-17-18/h2,4-5,8-9H,3,6-7H2,1H3,(H,15,19)(H,20,21). The fourth-order valence-corrected chi connectivity index (χ4v) is 1.85. The fraction of sp³-hybridized carbons (Fsp3) is 0.286. The van der Waals surface area contributed by atoms with E-state index in [2.05, 4.69) is 15.6 Å². The van der Waals surface area contributed by atoms with E-state index >= 15 is 0 Å². The van der Waals surface area contributed by atoms with Gasteiger partial charge in [0.1, 0.15) is 0 Å². The molecule has 1 heterocycles. The van der Waals surface area contributed by atoms with Gasteiger partial charge in [0.2, 0.25) is 5.91 Å². The molecular formula is C14H16N4O3. The molecule has 21 heavy (non-hydrogen) atoms. The van der Waals surface area contributed by atoms with Crippen LogP contribution in [0, 0.1) is 6.92 Å². The number of rotatable bonds is 6. The molecule has 7 nitrogen and oxygen atoms in total. The molecule has 7 heteroatoms. The van der Waals surface area contributed by atoms with Gasteiger partial charge in [0.25, 0.3) is 0 Å². The molecule has 0 atom stereocenters. The Balaban J connectivity index is 1.77. The fourth-order valence-electron chi connectivity index (χ4n) is 1.85. The van der Waals surface area contributed by atoms with Crippen molar-refractivity contribution in [2.24, 2.45) is 0 Å². The third-order valence-electron chi connectivity index (χ3n) is 2.85. The van der Waals surface area contributed by atoms with E-state index in [-0.39, 0.29) is 11.6 Å². The number of hydrogen-bond donors (Lipinski definition) is 2. The topological polar surface area (TPSA) is 97.1 Å². The summed E-state index contributed by atoms with van der Waals surface area (Å²) in [5.74, 6) is -1.20. The maximum Gasteiger partial charge on any atom is 0.358 e. The SMILES string of the molecule is Cc1cccc(NC(=O)CCCn2cc(C(=O)O)nn2)c1. The van der Waals surface area contributed by atoms with Gasteiger partial charge in [-0.25, -0.2) is 4.79 Å². The molecule has 0 unspecified atom stereocenters. The molecule has 0 aliphatic rings. The summed E-state index contributed by atoms with van der Waals surface area (Å²) in [5.41, 5.74) is 1.75. The van der Waals surface area contributed by atoms with Crippen molar-refractivity contribution in [3.05, 3.63) is 41.7 Å². The highest BCUT2D eigenvalue weighted by Crippen LogP contribution is 2.10. The molecule has 0 aliphatic heterocycles. The molecule has 0 radical (unpaired) electrons. The highest BCUT2D eigenvalue weighted by Gasteiger charge is 2.08. The van der Waals surface area contributed by atoms with Crippen LogP contribution in [0.5, 0.6) is 0 Å². The van der Waals surface area contributed by atoms with E-state index < -0.39 is 5.97 Å². The number of carbonyl (C=O) groups is 2. The van der Waals surface area contributed by atoms with Gasteiger partial charge in [0.05, 0.1) is 6.20 Å². The zero-order valence-electron chi connectivity index (χ0n) is 11.6. The number of anilines is 1.